The van der Waals surface area contributed by atoms with E-state index < -0.39 is 5.97 Å². The minimum Gasteiger partial charge on any atom is -0.478 e. The second-order valence-corrected chi connectivity index (χ2v) is 4.95. The molecule has 19 heavy (non-hydrogen) atoms. The Kier molecular flexibility index (Phi) is 5.55. The molecule has 0 amide bonds. The molecule has 0 aromatic heterocycles. The van der Waals surface area contributed by atoms with Gasteiger partial charge in [0.2, 0.25) is 0 Å². The van der Waals surface area contributed by atoms with Crippen molar-refractivity contribution in [1.82, 2.24) is 0 Å². The highest BCUT2D eigenvalue weighted by Gasteiger charge is 2.12. The van der Waals surface area contributed by atoms with Crippen LogP contribution in [0.1, 0.15) is 25.8 Å². The van der Waals surface area contributed by atoms with Gasteiger partial charge in [-0.2, -0.15) is 0 Å². The molecule has 0 bridgehead atoms. The van der Waals surface area contributed by atoms with E-state index in [4.69, 9.17) is 5.11 Å². The first-order valence-corrected chi connectivity index (χ1v) is 6.32. The van der Waals surface area contributed by atoms with Crippen LogP contribution in [-0.4, -0.2) is 24.7 Å². The van der Waals surface area contributed by atoms with E-state index in [-0.39, 0.29) is 5.82 Å². The summed E-state index contributed by atoms with van der Waals surface area (Å²) < 4.78 is 13.9. The van der Waals surface area contributed by atoms with Crippen LogP contribution in [0.25, 0.3) is 6.08 Å². The lowest BCUT2D eigenvalue weighted by Crippen LogP contribution is -2.22. The van der Waals surface area contributed by atoms with Gasteiger partial charge in [-0.05, 0) is 24.5 Å². The molecule has 0 radical (unpaired) electrons. The van der Waals surface area contributed by atoms with Crippen LogP contribution in [0.5, 0.6) is 0 Å². The van der Waals surface area contributed by atoms with Crippen molar-refractivity contribution < 1.29 is 14.3 Å². The summed E-state index contributed by atoms with van der Waals surface area (Å²) in [7, 11) is 1.82. The van der Waals surface area contributed by atoms with Crippen molar-refractivity contribution in [3.8, 4) is 0 Å². The number of anilines is 1. The Morgan fingerprint density at radius 1 is 1.47 bits per heavy atom. The predicted molar refractivity (Wildman–Crippen MR) is 75.8 cm³/mol. The van der Waals surface area contributed by atoms with Crippen molar-refractivity contribution >= 4 is 17.7 Å². The van der Waals surface area contributed by atoms with Gasteiger partial charge in [-0.15, -0.1) is 0 Å². The predicted octanol–water partition coefficient (Wildman–Crippen LogP) is 3.41. The zero-order chi connectivity index (χ0) is 14.4. The summed E-state index contributed by atoms with van der Waals surface area (Å²) in [5.41, 5.74) is 1.02. The fourth-order valence-corrected chi connectivity index (χ4v) is 1.79. The van der Waals surface area contributed by atoms with Crippen molar-refractivity contribution in [3.05, 3.63) is 35.7 Å². The molecule has 1 aromatic carbocycles. The second kappa shape index (κ2) is 6.92. The highest BCUT2D eigenvalue weighted by molar-refractivity contribution is 5.87. The molecule has 0 heterocycles. The van der Waals surface area contributed by atoms with Gasteiger partial charge in [-0.1, -0.05) is 26.0 Å². The second-order valence-electron chi connectivity index (χ2n) is 4.95. The van der Waals surface area contributed by atoms with E-state index in [9.17, 15) is 9.18 Å². The number of hydrogen-bond donors (Lipinski definition) is 1. The van der Waals surface area contributed by atoms with E-state index in [1.807, 2.05) is 11.9 Å². The van der Waals surface area contributed by atoms with Crippen molar-refractivity contribution in [1.29, 1.82) is 0 Å². The minimum absolute atomic E-state index is 0.334. The number of carbonyl (C=O) groups is 1. The van der Waals surface area contributed by atoms with Gasteiger partial charge in [0, 0.05) is 25.2 Å². The molecule has 0 unspecified atom stereocenters. The Hall–Kier alpha value is -1.84. The summed E-state index contributed by atoms with van der Waals surface area (Å²) in [4.78, 5) is 12.4. The average Bonchev–Trinajstić information content (AvgIpc) is 2.33. The third-order valence-corrected chi connectivity index (χ3v) is 2.85. The lowest BCUT2D eigenvalue weighted by atomic mass is 10.1. The summed E-state index contributed by atoms with van der Waals surface area (Å²) >= 11 is 0. The van der Waals surface area contributed by atoms with Gasteiger partial charge in [0.1, 0.15) is 5.82 Å². The van der Waals surface area contributed by atoms with Gasteiger partial charge in [0.25, 0.3) is 0 Å². The lowest BCUT2D eigenvalue weighted by molar-refractivity contribution is -0.131. The molecule has 1 aromatic rings. The maximum Gasteiger partial charge on any atom is 0.328 e. The smallest absolute Gasteiger partial charge is 0.328 e. The van der Waals surface area contributed by atoms with Crippen LogP contribution in [0.4, 0.5) is 10.1 Å². The summed E-state index contributed by atoms with van der Waals surface area (Å²) in [6, 6.07) is 4.68. The number of carboxylic acid groups (broad SMARTS) is 1. The molecule has 0 aliphatic rings. The fraction of sp³-hybridized carbons (Fsp3) is 0.400. The average molecular weight is 265 g/mol. The normalized spacial score (nSPS) is 11.2. The first-order valence-electron chi connectivity index (χ1n) is 6.32. The Labute approximate surface area is 113 Å². The van der Waals surface area contributed by atoms with Gasteiger partial charge in [-0.25, -0.2) is 9.18 Å². The van der Waals surface area contributed by atoms with Crippen molar-refractivity contribution in [2.45, 2.75) is 20.3 Å². The third-order valence-electron chi connectivity index (χ3n) is 2.85. The van der Waals surface area contributed by atoms with Crippen LogP contribution >= 0.6 is 0 Å². The molecule has 0 saturated carbocycles. The maximum absolute atomic E-state index is 13.9. The summed E-state index contributed by atoms with van der Waals surface area (Å²) in [5.74, 6) is -0.842. The molecular weight excluding hydrogens is 245 g/mol. The number of carboxylic acids is 1. The monoisotopic (exact) mass is 265 g/mol. The van der Waals surface area contributed by atoms with Crippen LogP contribution in [0, 0.1) is 11.7 Å². The maximum atomic E-state index is 13.9. The SMILES string of the molecule is CC(C)CCN(C)c1c(F)cccc1/C=C/C(=O)O. The highest BCUT2D eigenvalue weighted by atomic mass is 19.1. The molecule has 0 fully saturated rings. The zero-order valence-electron chi connectivity index (χ0n) is 11.6. The molecule has 104 valence electrons. The van der Waals surface area contributed by atoms with Crippen LogP contribution in [-0.2, 0) is 4.79 Å². The first-order chi connectivity index (χ1) is 8.91. The van der Waals surface area contributed by atoms with Gasteiger partial charge < -0.3 is 10.0 Å². The Morgan fingerprint density at radius 3 is 2.74 bits per heavy atom. The van der Waals surface area contributed by atoms with Gasteiger partial charge >= 0.3 is 5.97 Å². The zero-order valence-corrected chi connectivity index (χ0v) is 11.6. The van der Waals surface area contributed by atoms with E-state index in [2.05, 4.69) is 13.8 Å². The summed E-state index contributed by atoms with van der Waals surface area (Å²) in [5, 5.41) is 8.66. The molecule has 0 saturated heterocycles. The molecule has 4 heteroatoms. The van der Waals surface area contributed by atoms with E-state index in [1.165, 1.54) is 12.1 Å². The fourth-order valence-electron chi connectivity index (χ4n) is 1.79. The molecule has 1 N–H and O–H groups in total. The van der Waals surface area contributed by atoms with Crippen LogP contribution in [0.2, 0.25) is 0 Å². The minimum atomic E-state index is -1.04. The highest BCUT2D eigenvalue weighted by Crippen LogP contribution is 2.25. The van der Waals surface area contributed by atoms with E-state index in [0.717, 1.165) is 19.0 Å². The quantitative estimate of drug-likeness (QED) is 0.801. The van der Waals surface area contributed by atoms with Gasteiger partial charge in [0.05, 0.1) is 5.69 Å². The van der Waals surface area contributed by atoms with Crippen LogP contribution in [0.15, 0.2) is 24.3 Å². The van der Waals surface area contributed by atoms with Gasteiger partial charge in [0.15, 0.2) is 0 Å². The van der Waals surface area contributed by atoms with E-state index >= 15 is 0 Å². The molecule has 0 spiro atoms. The molecule has 1 rings (SSSR count). The van der Waals surface area contributed by atoms with Crippen molar-refractivity contribution in [3.63, 3.8) is 0 Å². The van der Waals surface area contributed by atoms with E-state index in [1.54, 1.807) is 12.1 Å². The van der Waals surface area contributed by atoms with Gasteiger partial charge in [-0.3, -0.25) is 0 Å². The number of benzene rings is 1. The number of aliphatic carboxylic acids is 1. The largest absolute Gasteiger partial charge is 0.478 e. The molecule has 0 atom stereocenters. The van der Waals surface area contributed by atoms with Crippen molar-refractivity contribution in [2.75, 3.05) is 18.5 Å². The molecular formula is C15H20FNO2. The Morgan fingerprint density at radius 2 is 2.16 bits per heavy atom. The topological polar surface area (TPSA) is 40.5 Å². The number of hydrogen-bond acceptors (Lipinski definition) is 2. The van der Waals surface area contributed by atoms with Crippen LogP contribution in [0.3, 0.4) is 0 Å². The van der Waals surface area contributed by atoms with E-state index in [0.29, 0.717) is 17.2 Å². The van der Waals surface area contributed by atoms with Crippen molar-refractivity contribution in [2.24, 2.45) is 5.92 Å². The lowest BCUT2D eigenvalue weighted by Gasteiger charge is -2.23. The molecule has 3 nitrogen and oxygen atoms in total. The third kappa shape index (κ3) is 4.73. The Bertz CT molecular complexity index is 469. The first kappa shape index (κ1) is 15.2. The number of halogens is 1. The standard InChI is InChI=1S/C15H20FNO2/c1-11(2)9-10-17(3)15-12(7-8-14(18)19)5-4-6-13(15)16/h4-8,11H,9-10H2,1-3H3,(H,18,19)/b8-7+. The molecule has 0 aliphatic heterocycles. The summed E-state index contributed by atoms with van der Waals surface area (Å²) in [6.45, 7) is 4.95. The molecule has 0 aliphatic carbocycles. The Balaban J connectivity index is 3.00. The summed E-state index contributed by atoms with van der Waals surface area (Å²) in [6.07, 6.45) is 3.40. The number of nitrogens with zero attached hydrogens (tertiary/aromatic N) is 1. The number of para-hydroxylation sites is 1. The van der Waals surface area contributed by atoms with Crippen LogP contribution < -0.4 is 4.90 Å². The number of rotatable bonds is 6.